The van der Waals surface area contributed by atoms with E-state index in [1.54, 1.807) is 12.5 Å². The van der Waals surface area contributed by atoms with Gasteiger partial charge in [-0.25, -0.2) is 9.78 Å². The van der Waals surface area contributed by atoms with Gasteiger partial charge < -0.3 is 14.6 Å². The Morgan fingerprint density at radius 3 is 2.79 bits per heavy atom. The number of methoxy groups -OCH3 is 1. The minimum Gasteiger partial charge on any atom is -0.466 e. The van der Waals surface area contributed by atoms with Gasteiger partial charge in [0, 0.05) is 31.1 Å². The predicted molar refractivity (Wildman–Crippen MR) is 105 cm³/mol. The maximum absolute atomic E-state index is 12.9. The second kappa shape index (κ2) is 8.16. The summed E-state index contributed by atoms with van der Waals surface area (Å²) in [6.07, 6.45) is 9.00. The van der Waals surface area contributed by atoms with Crippen LogP contribution >= 0.6 is 0 Å². The van der Waals surface area contributed by atoms with Crippen LogP contribution in [0.3, 0.4) is 0 Å². The Morgan fingerprint density at radius 1 is 1.36 bits per heavy atom. The average Bonchev–Trinajstić information content (AvgIpc) is 3.29. The Morgan fingerprint density at radius 2 is 2.14 bits per heavy atom. The normalized spacial score (nSPS) is 21.5. The quantitative estimate of drug-likeness (QED) is 0.758. The zero-order valence-electron chi connectivity index (χ0n) is 17.1. The van der Waals surface area contributed by atoms with Crippen LogP contribution < -0.4 is 5.32 Å². The second-order valence-corrected chi connectivity index (χ2v) is 8.16. The van der Waals surface area contributed by atoms with E-state index in [-0.39, 0.29) is 23.5 Å². The number of amides is 1. The molecule has 1 amide bonds. The molecule has 1 N–H and O–H groups in total. The summed E-state index contributed by atoms with van der Waals surface area (Å²) >= 11 is 0. The van der Waals surface area contributed by atoms with E-state index in [1.165, 1.54) is 7.11 Å². The number of hydrazone groups is 1. The maximum Gasteiger partial charge on any atom is 0.335 e. The van der Waals surface area contributed by atoms with E-state index >= 15 is 0 Å². The van der Waals surface area contributed by atoms with Crippen molar-refractivity contribution < 1.29 is 14.3 Å². The molecule has 1 unspecified atom stereocenters. The molecule has 0 spiro atoms. The predicted octanol–water partition coefficient (Wildman–Crippen LogP) is 2.61. The molecule has 2 heterocycles. The maximum atomic E-state index is 12.9. The minimum atomic E-state index is -0.376. The van der Waals surface area contributed by atoms with Crippen LogP contribution in [-0.4, -0.2) is 45.8 Å². The fourth-order valence-corrected chi connectivity index (χ4v) is 3.90. The van der Waals surface area contributed by atoms with Crippen molar-refractivity contribution in [3.63, 3.8) is 0 Å². The van der Waals surface area contributed by atoms with Gasteiger partial charge in [-0.1, -0.05) is 20.8 Å². The molecule has 1 aromatic heterocycles. The van der Waals surface area contributed by atoms with Crippen LogP contribution in [0.25, 0.3) is 0 Å². The average molecular weight is 387 g/mol. The molecule has 1 aliphatic heterocycles. The van der Waals surface area contributed by atoms with Crippen LogP contribution in [0, 0.1) is 5.41 Å². The number of carbonyl (C=O) groups excluding carboxylic acids is 2. The van der Waals surface area contributed by atoms with Gasteiger partial charge in [0.2, 0.25) is 0 Å². The SMILES string of the molecule is CCCN1N=C(C(=O)NC2=C(C(=O)OC)CC(C)(C)C2)CCC1n1ccnc1. The summed E-state index contributed by atoms with van der Waals surface area (Å²) < 4.78 is 6.91. The van der Waals surface area contributed by atoms with Crippen molar-refractivity contribution in [1.82, 2.24) is 19.9 Å². The Balaban J connectivity index is 1.78. The lowest BCUT2D eigenvalue weighted by Crippen LogP contribution is -2.39. The number of hydrogen-bond acceptors (Lipinski definition) is 6. The highest BCUT2D eigenvalue weighted by Crippen LogP contribution is 2.40. The van der Waals surface area contributed by atoms with Crippen LogP contribution in [0.2, 0.25) is 0 Å². The molecule has 152 valence electrons. The van der Waals surface area contributed by atoms with Gasteiger partial charge in [-0.15, -0.1) is 0 Å². The molecule has 0 saturated carbocycles. The van der Waals surface area contributed by atoms with E-state index < -0.39 is 0 Å². The number of rotatable bonds is 6. The van der Waals surface area contributed by atoms with Crippen molar-refractivity contribution in [2.75, 3.05) is 13.7 Å². The Bertz CT molecular complexity index is 795. The topological polar surface area (TPSA) is 88.8 Å². The van der Waals surface area contributed by atoms with Crippen LogP contribution in [0.4, 0.5) is 0 Å². The highest BCUT2D eigenvalue weighted by molar-refractivity contribution is 6.39. The summed E-state index contributed by atoms with van der Waals surface area (Å²) in [4.78, 5) is 29.1. The zero-order valence-corrected chi connectivity index (χ0v) is 17.1. The second-order valence-electron chi connectivity index (χ2n) is 8.16. The van der Waals surface area contributed by atoms with Crippen LogP contribution in [0.15, 0.2) is 35.1 Å². The number of nitrogens with zero attached hydrogens (tertiary/aromatic N) is 4. The fourth-order valence-electron chi connectivity index (χ4n) is 3.90. The van der Waals surface area contributed by atoms with Crippen molar-refractivity contribution in [2.45, 2.75) is 59.0 Å². The van der Waals surface area contributed by atoms with Gasteiger partial charge in [0.05, 0.1) is 19.0 Å². The standard InChI is InChI=1S/C20H29N5O3/c1-5-9-25-17(24-10-8-21-13-24)7-6-15(23-25)18(26)22-16-12-20(2,3)11-14(16)19(27)28-4/h8,10,13,17H,5-7,9,11-12H2,1-4H3,(H,22,26). The highest BCUT2D eigenvalue weighted by Gasteiger charge is 2.36. The van der Waals surface area contributed by atoms with Crippen LogP contribution in [0.5, 0.6) is 0 Å². The van der Waals surface area contributed by atoms with Gasteiger partial charge in [-0.05, 0) is 31.1 Å². The lowest BCUT2D eigenvalue weighted by atomic mass is 9.89. The molecule has 3 rings (SSSR count). The molecule has 0 fully saturated rings. The summed E-state index contributed by atoms with van der Waals surface area (Å²) in [5.41, 5.74) is 1.62. The van der Waals surface area contributed by atoms with Gasteiger partial charge in [-0.2, -0.15) is 5.10 Å². The molecule has 0 radical (unpaired) electrons. The smallest absolute Gasteiger partial charge is 0.335 e. The summed E-state index contributed by atoms with van der Waals surface area (Å²) in [5.74, 6) is -0.612. The number of hydrogen-bond donors (Lipinski definition) is 1. The molecule has 2 aliphatic rings. The van der Waals surface area contributed by atoms with Crippen molar-refractivity contribution in [3.05, 3.63) is 30.0 Å². The van der Waals surface area contributed by atoms with E-state index in [0.717, 1.165) is 19.4 Å². The Labute approximate surface area is 165 Å². The molecule has 8 nitrogen and oxygen atoms in total. The molecule has 1 atom stereocenters. The Kier molecular flexibility index (Phi) is 5.86. The molecule has 1 aromatic rings. The first-order chi connectivity index (χ1) is 13.3. The van der Waals surface area contributed by atoms with E-state index in [1.807, 2.05) is 15.8 Å². The number of aromatic nitrogens is 2. The number of imidazole rings is 1. The van der Waals surface area contributed by atoms with Gasteiger partial charge in [0.25, 0.3) is 5.91 Å². The van der Waals surface area contributed by atoms with E-state index in [2.05, 4.69) is 36.2 Å². The van der Waals surface area contributed by atoms with E-state index in [0.29, 0.717) is 36.2 Å². The molecule has 28 heavy (non-hydrogen) atoms. The lowest BCUT2D eigenvalue weighted by Gasteiger charge is -2.34. The molecule has 1 aliphatic carbocycles. The third kappa shape index (κ3) is 4.26. The monoisotopic (exact) mass is 387 g/mol. The van der Waals surface area contributed by atoms with E-state index in [9.17, 15) is 9.59 Å². The van der Waals surface area contributed by atoms with Gasteiger partial charge in [0.15, 0.2) is 0 Å². The fraction of sp³-hybridized carbons (Fsp3) is 0.600. The first-order valence-electron chi connectivity index (χ1n) is 9.78. The molecule has 0 saturated heterocycles. The van der Waals surface area contributed by atoms with Crippen molar-refractivity contribution in [3.8, 4) is 0 Å². The summed E-state index contributed by atoms with van der Waals surface area (Å²) in [6, 6.07) is 0. The van der Waals surface area contributed by atoms with Gasteiger partial charge >= 0.3 is 5.97 Å². The van der Waals surface area contributed by atoms with Crippen molar-refractivity contribution in [1.29, 1.82) is 0 Å². The number of allylic oxidation sites excluding steroid dienone is 1. The molecular weight excluding hydrogens is 358 g/mol. The van der Waals surface area contributed by atoms with Crippen molar-refractivity contribution >= 4 is 17.6 Å². The number of esters is 1. The van der Waals surface area contributed by atoms with Crippen LogP contribution in [0.1, 0.15) is 59.0 Å². The van der Waals surface area contributed by atoms with Gasteiger partial charge in [-0.3, -0.25) is 9.80 Å². The summed E-state index contributed by atoms with van der Waals surface area (Å²) in [7, 11) is 1.37. The zero-order chi connectivity index (χ0) is 20.3. The third-order valence-electron chi connectivity index (χ3n) is 5.19. The van der Waals surface area contributed by atoms with E-state index in [4.69, 9.17) is 4.74 Å². The first kappa shape index (κ1) is 20.1. The Hall–Kier alpha value is -2.64. The first-order valence-corrected chi connectivity index (χ1v) is 9.78. The minimum absolute atomic E-state index is 0.0641. The van der Waals surface area contributed by atoms with Crippen molar-refractivity contribution in [2.24, 2.45) is 10.5 Å². The molecule has 0 aromatic carbocycles. The molecular formula is C20H29N5O3. The largest absolute Gasteiger partial charge is 0.466 e. The van der Waals surface area contributed by atoms with Gasteiger partial charge in [0.1, 0.15) is 11.9 Å². The summed E-state index contributed by atoms with van der Waals surface area (Å²) in [6.45, 7) is 6.99. The molecule has 8 heteroatoms. The lowest BCUT2D eigenvalue weighted by molar-refractivity contribution is -0.136. The number of ether oxygens (including phenoxy) is 1. The summed E-state index contributed by atoms with van der Waals surface area (Å²) in [5, 5.41) is 9.53. The van der Waals surface area contributed by atoms with Crippen LogP contribution in [-0.2, 0) is 14.3 Å². The number of nitrogens with one attached hydrogen (secondary N) is 1. The third-order valence-corrected chi connectivity index (χ3v) is 5.19. The highest BCUT2D eigenvalue weighted by atomic mass is 16.5. The number of carbonyl (C=O) groups is 2. The molecule has 0 bridgehead atoms.